The number of furan rings is 1. The number of para-hydroxylation sites is 3. The first kappa shape index (κ1) is 40.3. The molecular formula is C63H42N4OSi. The van der Waals surface area contributed by atoms with Gasteiger partial charge in [-0.2, -0.15) is 0 Å². The summed E-state index contributed by atoms with van der Waals surface area (Å²) < 4.78 is 8.61. The first-order valence-corrected chi connectivity index (χ1v) is 25.3. The van der Waals surface area contributed by atoms with Crippen LogP contribution in [0.2, 0.25) is 0 Å². The molecule has 0 saturated heterocycles. The average Bonchev–Trinajstić information content (AvgIpc) is 3.98. The van der Waals surface area contributed by atoms with Crippen molar-refractivity contribution in [2.45, 2.75) is 0 Å². The van der Waals surface area contributed by atoms with Crippen LogP contribution < -0.4 is 20.7 Å². The summed E-state index contributed by atoms with van der Waals surface area (Å²) in [5.41, 5.74) is 9.95. The van der Waals surface area contributed by atoms with Crippen LogP contribution >= 0.6 is 0 Å². The van der Waals surface area contributed by atoms with Gasteiger partial charge in [-0.05, 0) is 74.3 Å². The van der Waals surface area contributed by atoms with Crippen LogP contribution in [0.15, 0.2) is 259 Å². The third-order valence-electron chi connectivity index (χ3n) is 13.6. The molecule has 3 aromatic heterocycles. The van der Waals surface area contributed by atoms with Gasteiger partial charge in [0, 0.05) is 43.9 Å². The van der Waals surface area contributed by atoms with Crippen LogP contribution in [0.4, 0.5) is 0 Å². The fourth-order valence-corrected chi connectivity index (χ4v) is 15.2. The number of nitrogens with zero attached hydrogens (tertiary/aromatic N) is 4. The van der Waals surface area contributed by atoms with Crippen molar-refractivity contribution < 1.29 is 4.42 Å². The molecule has 0 radical (unpaired) electrons. The van der Waals surface area contributed by atoms with Crippen molar-refractivity contribution in [1.82, 2.24) is 19.5 Å². The highest BCUT2D eigenvalue weighted by molar-refractivity contribution is 7.19. The zero-order valence-electron chi connectivity index (χ0n) is 37.4. The Labute approximate surface area is 400 Å². The van der Waals surface area contributed by atoms with Gasteiger partial charge in [0.05, 0.1) is 11.0 Å². The SMILES string of the molecule is c1ccc([Si](c2ccccc2)(c2ccccc2)c2cccc(-c3nc(-c4ccc(-c5ccc6c(c5)oc5ccccc56)cc4)nc(-c4cccc(-n5c6ccccc6c6ccccc65)c4)n3)c2)cc1. The number of hydrogen-bond donors (Lipinski definition) is 0. The van der Waals surface area contributed by atoms with Gasteiger partial charge in [0.1, 0.15) is 11.2 Å². The normalized spacial score (nSPS) is 11.8. The number of hydrogen-bond acceptors (Lipinski definition) is 4. The Morgan fingerprint density at radius 1 is 0.290 bits per heavy atom. The lowest BCUT2D eigenvalue weighted by molar-refractivity contribution is 0.669. The van der Waals surface area contributed by atoms with E-state index in [9.17, 15) is 0 Å². The van der Waals surface area contributed by atoms with E-state index >= 15 is 0 Å². The molecule has 0 N–H and O–H groups in total. The molecule has 0 spiro atoms. The molecule has 69 heavy (non-hydrogen) atoms. The van der Waals surface area contributed by atoms with Crippen molar-refractivity contribution >= 4 is 72.6 Å². The highest BCUT2D eigenvalue weighted by Crippen LogP contribution is 2.35. The molecule has 0 fully saturated rings. The summed E-state index contributed by atoms with van der Waals surface area (Å²) in [6.07, 6.45) is 0. The minimum absolute atomic E-state index is 0.597. The van der Waals surface area contributed by atoms with Gasteiger partial charge in [-0.15, -0.1) is 0 Å². The summed E-state index contributed by atoms with van der Waals surface area (Å²) in [6.45, 7) is 0. The van der Waals surface area contributed by atoms with Crippen LogP contribution in [0.3, 0.4) is 0 Å². The largest absolute Gasteiger partial charge is 0.456 e. The minimum atomic E-state index is -2.85. The highest BCUT2D eigenvalue weighted by Gasteiger charge is 2.41. The summed E-state index contributed by atoms with van der Waals surface area (Å²) >= 11 is 0. The molecule has 13 rings (SSSR count). The van der Waals surface area contributed by atoms with E-state index in [1.807, 2.05) is 12.1 Å². The van der Waals surface area contributed by atoms with Crippen LogP contribution in [0.5, 0.6) is 0 Å². The van der Waals surface area contributed by atoms with E-state index < -0.39 is 8.07 Å². The number of aromatic nitrogens is 4. The standard InChI is InChI=1S/C63H42N4OSi/c1-4-21-49(22-5-1)69(50-23-6-2-7-24-50,51-25-8-3-9-26-51)52-27-17-19-47(41-52)63-65-61(44-36-34-43(35-37-44)45-38-39-56-55-30-12-15-33-59(55)68-60(56)42-45)64-62(66-63)46-18-16-20-48(40-46)67-57-31-13-10-28-53(57)54-29-11-14-32-58(54)67/h1-42H. The molecule has 3 heterocycles. The lowest BCUT2D eigenvalue weighted by Crippen LogP contribution is -2.74. The van der Waals surface area contributed by atoms with Crippen LogP contribution in [0.1, 0.15) is 0 Å². The van der Waals surface area contributed by atoms with Crippen LogP contribution in [-0.4, -0.2) is 27.6 Å². The Morgan fingerprint density at radius 2 is 0.739 bits per heavy atom. The smallest absolute Gasteiger partial charge is 0.179 e. The fourth-order valence-electron chi connectivity index (χ4n) is 10.4. The number of benzene rings is 10. The molecule has 0 amide bonds. The molecule has 0 aliphatic carbocycles. The molecule has 0 aliphatic heterocycles. The van der Waals surface area contributed by atoms with Crippen LogP contribution in [-0.2, 0) is 0 Å². The van der Waals surface area contributed by atoms with Crippen molar-refractivity contribution in [2.24, 2.45) is 0 Å². The molecule has 324 valence electrons. The first-order chi connectivity index (χ1) is 34.2. The van der Waals surface area contributed by atoms with Gasteiger partial charge in [-0.25, -0.2) is 15.0 Å². The van der Waals surface area contributed by atoms with Crippen molar-refractivity contribution in [3.8, 4) is 51.0 Å². The molecular weight excluding hydrogens is 857 g/mol. The predicted molar refractivity (Wildman–Crippen MR) is 287 cm³/mol. The van der Waals surface area contributed by atoms with Gasteiger partial charge < -0.3 is 8.98 Å². The van der Waals surface area contributed by atoms with Gasteiger partial charge in [-0.3, -0.25) is 0 Å². The molecule has 5 nitrogen and oxygen atoms in total. The van der Waals surface area contributed by atoms with Crippen molar-refractivity contribution in [3.63, 3.8) is 0 Å². The molecule has 0 bridgehead atoms. The van der Waals surface area contributed by atoms with Crippen molar-refractivity contribution in [1.29, 1.82) is 0 Å². The number of fused-ring (bicyclic) bond motifs is 6. The van der Waals surface area contributed by atoms with Crippen molar-refractivity contribution in [2.75, 3.05) is 0 Å². The van der Waals surface area contributed by atoms with E-state index in [1.54, 1.807) is 0 Å². The third-order valence-corrected chi connectivity index (χ3v) is 18.4. The second-order valence-corrected chi connectivity index (χ2v) is 21.4. The van der Waals surface area contributed by atoms with Crippen LogP contribution in [0, 0.1) is 0 Å². The van der Waals surface area contributed by atoms with Gasteiger partial charge in [0.2, 0.25) is 0 Å². The Bertz CT molecular complexity index is 3860. The van der Waals surface area contributed by atoms with Gasteiger partial charge in [-0.1, -0.05) is 212 Å². The monoisotopic (exact) mass is 898 g/mol. The van der Waals surface area contributed by atoms with E-state index in [0.717, 1.165) is 66.5 Å². The Hall–Kier alpha value is -8.97. The second-order valence-electron chi connectivity index (χ2n) is 17.5. The molecule has 0 unspecified atom stereocenters. The zero-order valence-corrected chi connectivity index (χ0v) is 38.4. The molecule has 0 atom stereocenters. The lowest BCUT2D eigenvalue weighted by Gasteiger charge is -2.34. The zero-order chi connectivity index (χ0) is 45.7. The highest BCUT2D eigenvalue weighted by atomic mass is 28.3. The molecule has 6 heteroatoms. The molecule has 13 aromatic rings. The van der Waals surface area contributed by atoms with Crippen molar-refractivity contribution in [3.05, 3.63) is 255 Å². The quantitative estimate of drug-likeness (QED) is 0.107. The predicted octanol–water partition coefficient (Wildman–Crippen LogP) is 12.9. The third kappa shape index (κ3) is 6.88. The molecule has 10 aromatic carbocycles. The Kier molecular flexibility index (Phi) is 9.77. The topological polar surface area (TPSA) is 56.7 Å². The summed E-state index contributed by atoms with van der Waals surface area (Å²) in [7, 11) is -2.85. The van der Waals surface area contributed by atoms with Gasteiger partial charge >= 0.3 is 0 Å². The van der Waals surface area contributed by atoms with E-state index in [0.29, 0.717) is 17.5 Å². The Balaban J connectivity index is 0.982. The lowest BCUT2D eigenvalue weighted by atomic mass is 10.0. The van der Waals surface area contributed by atoms with Gasteiger partial charge in [0.25, 0.3) is 0 Å². The summed E-state index contributed by atoms with van der Waals surface area (Å²) in [4.78, 5) is 16.0. The van der Waals surface area contributed by atoms with Gasteiger partial charge in [0.15, 0.2) is 25.5 Å². The van der Waals surface area contributed by atoms with E-state index in [1.165, 1.54) is 31.5 Å². The maximum Gasteiger partial charge on any atom is 0.179 e. The summed E-state index contributed by atoms with van der Waals surface area (Å²) in [5, 5.41) is 9.81. The maximum absolute atomic E-state index is 6.27. The second kappa shape index (κ2) is 16.7. The summed E-state index contributed by atoms with van der Waals surface area (Å²) in [6, 6.07) is 90.9. The summed E-state index contributed by atoms with van der Waals surface area (Å²) in [5.74, 6) is 1.80. The molecule has 0 saturated carbocycles. The number of rotatable bonds is 9. The van der Waals surface area contributed by atoms with E-state index in [4.69, 9.17) is 19.4 Å². The average molecular weight is 899 g/mol. The fraction of sp³-hybridized carbons (Fsp3) is 0. The molecule has 0 aliphatic rings. The minimum Gasteiger partial charge on any atom is -0.456 e. The first-order valence-electron chi connectivity index (χ1n) is 23.3. The van der Waals surface area contributed by atoms with Crippen LogP contribution in [0.25, 0.3) is 94.7 Å². The van der Waals surface area contributed by atoms with E-state index in [2.05, 4.69) is 247 Å². The van der Waals surface area contributed by atoms with E-state index in [-0.39, 0.29) is 0 Å². The maximum atomic E-state index is 6.27. The Morgan fingerprint density at radius 3 is 1.35 bits per heavy atom.